The lowest BCUT2D eigenvalue weighted by atomic mass is 9.99. The molecular weight excluding hydrogens is 1950 g/mol. The summed E-state index contributed by atoms with van der Waals surface area (Å²) in [7, 11) is 0. The quantitative estimate of drug-likeness (QED) is 0.0122. The molecule has 0 spiro atoms. The molecule has 10 aromatic rings. The second kappa shape index (κ2) is 60.2. The molecule has 10 aromatic carbocycles. The van der Waals surface area contributed by atoms with Crippen LogP contribution in [0.1, 0.15) is 269 Å². The van der Waals surface area contributed by atoms with E-state index >= 15 is 0 Å². The van der Waals surface area contributed by atoms with Crippen molar-refractivity contribution >= 4 is 58.4 Å². The fourth-order valence-corrected chi connectivity index (χ4v) is 11.0. The summed E-state index contributed by atoms with van der Waals surface area (Å²) < 4.78 is 14.6. The number of ketones is 7. The van der Waals surface area contributed by atoms with Gasteiger partial charge in [0.1, 0.15) is 0 Å². The Bertz CT molecular complexity index is 5300. The van der Waals surface area contributed by atoms with Crippen molar-refractivity contribution in [2.75, 3.05) is 13.2 Å². The van der Waals surface area contributed by atoms with Crippen LogP contribution < -0.4 is 0 Å². The van der Waals surface area contributed by atoms with Gasteiger partial charge in [0.2, 0.25) is 0 Å². The van der Waals surface area contributed by atoms with Gasteiger partial charge in [-0.2, -0.15) is 0 Å². The molecule has 29 N–H and O–H groups in total. The largest absolute Gasteiger partial charge is 0.504 e. The Hall–Kier alpha value is -17.5. The molecule has 0 bridgehead atoms. The third-order valence-corrected chi connectivity index (χ3v) is 18.8. The van der Waals surface area contributed by atoms with Crippen LogP contribution in [0.15, 0.2) is 121 Å². The Morgan fingerprint density at radius 3 is 0.480 bits per heavy atom. The van der Waals surface area contributed by atoms with Crippen molar-refractivity contribution in [3.8, 4) is 167 Å². The van der Waals surface area contributed by atoms with Crippen molar-refractivity contribution in [3.63, 3.8) is 0 Å². The Balaban J connectivity index is 0. The molecule has 42 heteroatoms. The molecule has 0 atom stereocenters. The molecule has 42 nitrogen and oxygen atoms in total. The van der Waals surface area contributed by atoms with Gasteiger partial charge in [-0.1, -0.05) is 139 Å². The number of rotatable bonds is 23. The minimum absolute atomic E-state index is 0. The van der Waals surface area contributed by atoms with Crippen molar-refractivity contribution in [2.24, 2.45) is 53.3 Å². The molecule has 0 fully saturated rings. The van der Waals surface area contributed by atoms with Crippen molar-refractivity contribution in [2.45, 2.75) is 173 Å². The van der Waals surface area contributed by atoms with E-state index < -0.39 is 173 Å². The van der Waals surface area contributed by atoms with E-state index in [9.17, 15) is 88.8 Å². The lowest BCUT2D eigenvalue weighted by Crippen LogP contribution is -2.11. The molecule has 148 heavy (non-hydrogen) atoms. The van der Waals surface area contributed by atoms with Gasteiger partial charge < -0.3 is 162 Å². The van der Waals surface area contributed by atoms with E-state index in [0.29, 0.717) is 17.5 Å². The summed E-state index contributed by atoms with van der Waals surface area (Å²) in [5.74, 6) is -19.1. The predicted octanol–water partition coefficient (Wildman–Crippen LogP) is 18.4. The molecule has 0 unspecified atom stereocenters. The number of esters is 3. The smallest absolute Gasteiger partial charge is 0.338 e. The van der Waals surface area contributed by atoms with Gasteiger partial charge in [0.15, 0.2) is 207 Å². The monoisotopic (exact) mass is 2080 g/mol. The first-order valence-electron chi connectivity index (χ1n) is 44.4. The molecule has 0 aliphatic rings. The molecule has 0 aliphatic heterocycles. The third-order valence-electron chi connectivity index (χ3n) is 18.8. The van der Waals surface area contributed by atoms with Gasteiger partial charge in [0.25, 0.3) is 0 Å². The summed E-state index contributed by atoms with van der Waals surface area (Å²) in [6.07, 6.45) is 0.0412. The maximum absolute atomic E-state index is 11.6. The van der Waals surface area contributed by atoms with Crippen LogP contribution in [-0.4, -0.2) is 226 Å². The number of hydrogen-bond acceptors (Lipinski definition) is 42. The number of Topliss-reactive ketones (excluding diaryl/α,β-unsaturated/α-hetero) is 7. The molecule has 0 amide bonds. The van der Waals surface area contributed by atoms with Crippen LogP contribution in [-0.2, 0) is 14.2 Å². The summed E-state index contributed by atoms with van der Waals surface area (Å²) in [4.78, 5) is 115. The molecule has 0 aromatic heterocycles. The fraction of sp³-hybridized carbons (Fsp3) is 0.340. The number of benzene rings is 10. The van der Waals surface area contributed by atoms with Crippen molar-refractivity contribution < 1.29 is 210 Å². The zero-order valence-electron chi connectivity index (χ0n) is 83.7. The molecule has 812 valence electrons. The highest BCUT2D eigenvalue weighted by Crippen LogP contribution is 2.44. The molecule has 0 radical (unpaired) electrons. The Labute approximate surface area is 853 Å². The van der Waals surface area contributed by atoms with E-state index in [-0.39, 0.29) is 189 Å². The second-order valence-electron chi connectivity index (χ2n) is 35.5. The predicted molar refractivity (Wildman–Crippen MR) is 540 cm³/mol. The lowest BCUT2D eigenvalue weighted by molar-refractivity contribution is 0.0374. The number of hydrogen-bond donors (Lipinski definition) is 29. The van der Waals surface area contributed by atoms with E-state index in [1.807, 2.05) is 41.5 Å². The van der Waals surface area contributed by atoms with Crippen LogP contribution in [0.25, 0.3) is 0 Å². The number of phenols is 29. The first-order valence-corrected chi connectivity index (χ1v) is 44.4. The first-order chi connectivity index (χ1) is 67.2. The number of carbonyl (C=O) groups excluding carboxylic acids is 10. The zero-order valence-corrected chi connectivity index (χ0v) is 83.7. The number of carbonyl (C=O) groups is 10. The van der Waals surface area contributed by atoms with E-state index in [4.69, 9.17) is 121 Å². The molecule has 0 saturated heterocycles. The third kappa shape index (κ3) is 41.4. The van der Waals surface area contributed by atoms with Crippen molar-refractivity contribution in [3.05, 3.63) is 183 Å². The minimum atomic E-state index is -0.671. The summed E-state index contributed by atoms with van der Waals surface area (Å²) in [6, 6.07) is 22.8. The summed E-state index contributed by atoms with van der Waals surface area (Å²) in [5, 5.41) is 265. The van der Waals surface area contributed by atoms with Crippen LogP contribution in [0.3, 0.4) is 0 Å². The number of ether oxygens (including phenoxy) is 3. The normalized spacial score (nSPS) is 10.3. The van der Waals surface area contributed by atoms with Crippen LogP contribution in [0.4, 0.5) is 0 Å². The highest BCUT2D eigenvalue weighted by atomic mass is 16.5. The molecule has 0 heterocycles. The molecule has 10 rings (SSSR count). The summed E-state index contributed by atoms with van der Waals surface area (Å²) in [6.45, 7) is 37.6. The van der Waals surface area contributed by atoms with Gasteiger partial charge in [-0.25, -0.2) is 14.4 Å². The van der Waals surface area contributed by atoms with Crippen LogP contribution in [0.5, 0.6) is 167 Å². The summed E-state index contributed by atoms with van der Waals surface area (Å²) >= 11 is 0. The van der Waals surface area contributed by atoms with Gasteiger partial charge in [0.05, 0.1) is 36.0 Å². The SMILES string of the molecule is C.C.CC(C)C(=O)c1cc(O)c(O)c(O)c1.CC(C)C(=O)c1cc(O)c(O)c(O)c1.CC(C)C(=O)c1cc(O)c(O)c(O)c1.CC(C)C(=O)c1cc(O)c(O)c(O)c1.CC(C)C(=O)c1cc(O)c(O)c(O)c1.CC(C)CC(=O)c1cc(O)c(O)c(O)c1.CC(C)COC(=O)c1cc(O)c(O)c(O)c1.CC(C)COC(=O)c1cc(O)c(O)c(O)c1.CC(C)OC(=O)c1cc(O)c(O)c(O)c1.Cc1cc(C(=O)C(C)C)cc(O)c1O. The van der Waals surface area contributed by atoms with Crippen molar-refractivity contribution in [1.29, 1.82) is 0 Å². The maximum Gasteiger partial charge on any atom is 0.338 e. The first kappa shape index (κ1) is 133. The van der Waals surface area contributed by atoms with Crippen molar-refractivity contribution in [1.82, 2.24) is 0 Å². The van der Waals surface area contributed by atoms with Crippen LogP contribution in [0, 0.1) is 60.2 Å². The number of phenolic OH excluding ortho intramolecular Hbond substituents is 29. The van der Waals surface area contributed by atoms with E-state index in [0.717, 1.165) is 109 Å². The van der Waals surface area contributed by atoms with Gasteiger partial charge >= 0.3 is 17.9 Å². The lowest BCUT2D eigenvalue weighted by Gasteiger charge is -2.09. The van der Waals surface area contributed by atoms with Gasteiger partial charge in [0, 0.05) is 80.9 Å². The Kier molecular flexibility index (Phi) is 53.9. The minimum Gasteiger partial charge on any atom is -0.504 e. The Morgan fingerprint density at radius 1 is 0.196 bits per heavy atom. The van der Waals surface area contributed by atoms with Crippen LogP contribution >= 0.6 is 0 Å². The average molecular weight is 2080 g/mol. The van der Waals surface area contributed by atoms with Gasteiger partial charge in [-0.3, -0.25) is 33.6 Å². The van der Waals surface area contributed by atoms with Gasteiger partial charge in [-0.15, -0.1) is 0 Å². The fourth-order valence-electron chi connectivity index (χ4n) is 11.0. The van der Waals surface area contributed by atoms with Crippen LogP contribution in [0.2, 0.25) is 0 Å². The Morgan fingerprint density at radius 2 is 0.338 bits per heavy atom. The van der Waals surface area contributed by atoms with Gasteiger partial charge in [-0.05, 0) is 165 Å². The zero-order chi connectivity index (χ0) is 113. The highest BCUT2D eigenvalue weighted by Gasteiger charge is 2.26. The molecule has 0 saturated carbocycles. The maximum atomic E-state index is 11.6. The molecular formula is C106H136O42. The highest BCUT2D eigenvalue weighted by molar-refractivity contribution is 6.03. The number of aromatic hydroxyl groups is 29. The topological polar surface area (TPSA) is 785 Å². The average Bonchev–Trinajstić information content (AvgIpc) is 0.831. The van der Waals surface area contributed by atoms with E-state index in [1.165, 1.54) is 6.07 Å². The van der Waals surface area contributed by atoms with E-state index in [1.54, 1.807) is 110 Å². The summed E-state index contributed by atoms with van der Waals surface area (Å²) in [5.41, 5.74) is 2.06. The number of aryl methyl sites for hydroxylation is 1. The molecule has 0 aliphatic carbocycles. The standard InChI is InChI=1S/2C11H14O5.C11H14O4.C11H14O3.C10H12O5.5C10H12O4.2CH4/c2*1-6(2)5-16-11(15)7-3-8(12)10(14)9(13)4-7;1-6(2)3-8(12)7-4-9(13)11(15)10(14)5-7;1-6(2)10(13)8-4-7(3)11(14)9(12)5-8;1-5(2)15-10(14)6-3-7(11)9(13)8(12)4-6;5*1-5(2)9(13)6-3-7(11)10(14)8(12)4-6;;/h2*3-4,6,12-14H,5H2,1-2H3;4-6,13-15H,3H2,1-2H3;4-6,12,14H,1-3H3;3-5,11-13H,1-2H3;5*3-5,11-12,14H,1-2H3;2*1H4. The second-order valence-corrected chi connectivity index (χ2v) is 35.5. The van der Waals surface area contributed by atoms with E-state index in [2.05, 4.69) is 0 Å².